The monoisotopic (exact) mass is 321 g/mol. The topological polar surface area (TPSA) is 46.9 Å². The van der Waals surface area contributed by atoms with Crippen LogP contribution in [0.5, 0.6) is 0 Å². The molecule has 124 valence electrons. The van der Waals surface area contributed by atoms with Gasteiger partial charge in [0.15, 0.2) is 0 Å². The van der Waals surface area contributed by atoms with Gasteiger partial charge in [-0.3, -0.25) is 4.79 Å². The number of benzene rings is 2. The lowest BCUT2D eigenvalue weighted by molar-refractivity contribution is -0.120. The maximum Gasteiger partial charge on any atom is 0.224 e. The first-order valence-corrected chi connectivity index (χ1v) is 8.34. The van der Waals surface area contributed by atoms with E-state index in [4.69, 9.17) is 0 Å². The molecule has 0 bridgehead atoms. The zero-order valence-corrected chi connectivity index (χ0v) is 14.5. The molecule has 3 rings (SSSR count). The van der Waals surface area contributed by atoms with E-state index in [9.17, 15) is 4.79 Å². The summed E-state index contributed by atoms with van der Waals surface area (Å²) in [5, 5.41) is 3.00. The van der Waals surface area contributed by atoms with Crippen LogP contribution in [0.25, 0.3) is 11.0 Å². The fourth-order valence-corrected chi connectivity index (χ4v) is 2.97. The lowest BCUT2D eigenvalue weighted by atomic mass is 10.1. The van der Waals surface area contributed by atoms with Crippen LogP contribution in [0.2, 0.25) is 0 Å². The molecule has 1 amide bonds. The second-order valence-electron chi connectivity index (χ2n) is 6.14. The summed E-state index contributed by atoms with van der Waals surface area (Å²) >= 11 is 0. The Hall–Kier alpha value is -2.62. The van der Waals surface area contributed by atoms with E-state index in [1.807, 2.05) is 38.2 Å². The van der Waals surface area contributed by atoms with Crippen molar-refractivity contribution in [2.45, 2.75) is 33.2 Å². The predicted molar refractivity (Wildman–Crippen MR) is 96.8 cm³/mol. The smallest absolute Gasteiger partial charge is 0.224 e. The first kappa shape index (κ1) is 16.2. The maximum atomic E-state index is 12.2. The number of carbonyl (C=O) groups excluding carboxylic acids is 1. The first-order valence-electron chi connectivity index (χ1n) is 8.34. The molecule has 0 atom stereocenters. The molecule has 3 aromatic rings. The van der Waals surface area contributed by atoms with Crippen molar-refractivity contribution in [1.29, 1.82) is 0 Å². The zero-order chi connectivity index (χ0) is 17.1. The number of nitrogens with zero attached hydrogens (tertiary/aromatic N) is 2. The SMILES string of the molecule is CCc1nc2cc(CNC(=O)Cc3ccccc3C)ccc2n1C. The number of imidazole rings is 1. The molecule has 0 aliphatic rings. The summed E-state index contributed by atoms with van der Waals surface area (Å²) in [6.45, 7) is 4.66. The molecule has 0 spiro atoms. The Balaban J connectivity index is 1.67. The van der Waals surface area contributed by atoms with Crippen molar-refractivity contribution in [2.75, 3.05) is 0 Å². The number of hydrogen-bond donors (Lipinski definition) is 1. The Labute approximate surface area is 142 Å². The molecule has 4 nitrogen and oxygen atoms in total. The van der Waals surface area contributed by atoms with Gasteiger partial charge in [-0.25, -0.2) is 4.98 Å². The number of aromatic nitrogens is 2. The number of aryl methyl sites for hydroxylation is 3. The van der Waals surface area contributed by atoms with Gasteiger partial charge in [-0.2, -0.15) is 0 Å². The highest BCUT2D eigenvalue weighted by Crippen LogP contribution is 2.17. The second kappa shape index (κ2) is 6.87. The van der Waals surface area contributed by atoms with Gasteiger partial charge in [0, 0.05) is 20.0 Å². The van der Waals surface area contributed by atoms with E-state index in [1.165, 1.54) is 0 Å². The van der Waals surface area contributed by atoms with Gasteiger partial charge in [0.05, 0.1) is 17.5 Å². The molecule has 0 aliphatic carbocycles. The first-order chi connectivity index (χ1) is 11.6. The van der Waals surface area contributed by atoms with Gasteiger partial charge in [-0.1, -0.05) is 37.3 Å². The average Bonchev–Trinajstić information content (AvgIpc) is 2.91. The number of hydrogen-bond acceptors (Lipinski definition) is 2. The predicted octanol–water partition coefficient (Wildman–Crippen LogP) is 3.30. The molecular formula is C20H23N3O. The lowest BCUT2D eigenvalue weighted by Crippen LogP contribution is -2.24. The van der Waals surface area contributed by atoms with Gasteiger partial charge in [0.2, 0.25) is 5.91 Å². The molecule has 0 saturated heterocycles. The lowest BCUT2D eigenvalue weighted by Gasteiger charge is -2.07. The van der Waals surface area contributed by atoms with Gasteiger partial charge in [-0.05, 0) is 35.7 Å². The Kier molecular flexibility index (Phi) is 4.65. The van der Waals surface area contributed by atoms with Crippen LogP contribution in [0.1, 0.15) is 29.4 Å². The Bertz CT molecular complexity index is 880. The maximum absolute atomic E-state index is 12.2. The molecule has 0 unspecified atom stereocenters. The third-order valence-corrected chi connectivity index (χ3v) is 4.46. The molecule has 0 fully saturated rings. The summed E-state index contributed by atoms with van der Waals surface area (Å²) in [5.41, 5.74) is 5.40. The van der Waals surface area contributed by atoms with E-state index in [0.29, 0.717) is 13.0 Å². The Morgan fingerprint density at radius 2 is 2.00 bits per heavy atom. The van der Waals surface area contributed by atoms with E-state index in [2.05, 4.69) is 40.0 Å². The summed E-state index contributed by atoms with van der Waals surface area (Å²) in [4.78, 5) is 16.8. The number of nitrogens with one attached hydrogen (secondary N) is 1. The summed E-state index contributed by atoms with van der Waals surface area (Å²) in [7, 11) is 2.04. The van der Waals surface area contributed by atoms with Crippen LogP contribution >= 0.6 is 0 Å². The largest absolute Gasteiger partial charge is 0.352 e. The van der Waals surface area contributed by atoms with Crippen molar-refractivity contribution in [2.24, 2.45) is 7.05 Å². The molecule has 0 saturated carbocycles. The highest BCUT2D eigenvalue weighted by Gasteiger charge is 2.08. The van der Waals surface area contributed by atoms with Crippen molar-refractivity contribution in [3.63, 3.8) is 0 Å². The van der Waals surface area contributed by atoms with E-state index in [0.717, 1.165) is 40.0 Å². The minimum atomic E-state index is 0.0414. The molecule has 24 heavy (non-hydrogen) atoms. The number of fused-ring (bicyclic) bond motifs is 1. The van der Waals surface area contributed by atoms with Crippen molar-refractivity contribution in [3.05, 3.63) is 65.0 Å². The van der Waals surface area contributed by atoms with Gasteiger partial charge in [0.25, 0.3) is 0 Å². The second-order valence-corrected chi connectivity index (χ2v) is 6.14. The van der Waals surface area contributed by atoms with Crippen LogP contribution in [0, 0.1) is 6.92 Å². The Morgan fingerprint density at radius 3 is 2.75 bits per heavy atom. The van der Waals surface area contributed by atoms with Crippen molar-refractivity contribution >= 4 is 16.9 Å². The Morgan fingerprint density at radius 1 is 1.21 bits per heavy atom. The minimum Gasteiger partial charge on any atom is -0.352 e. The number of rotatable bonds is 5. The van der Waals surface area contributed by atoms with Crippen LogP contribution in [-0.2, 0) is 31.2 Å². The van der Waals surface area contributed by atoms with Crippen LogP contribution in [-0.4, -0.2) is 15.5 Å². The molecular weight excluding hydrogens is 298 g/mol. The van der Waals surface area contributed by atoms with Crippen molar-refractivity contribution < 1.29 is 4.79 Å². The van der Waals surface area contributed by atoms with Crippen LogP contribution in [0.15, 0.2) is 42.5 Å². The van der Waals surface area contributed by atoms with E-state index < -0.39 is 0 Å². The highest BCUT2D eigenvalue weighted by molar-refractivity contribution is 5.79. The quantitative estimate of drug-likeness (QED) is 0.784. The third-order valence-electron chi connectivity index (χ3n) is 4.46. The molecule has 1 aromatic heterocycles. The fourth-order valence-electron chi connectivity index (χ4n) is 2.97. The standard InChI is InChI=1S/C20H23N3O/c1-4-19-22-17-11-15(9-10-18(17)23(19)3)13-21-20(24)12-16-8-6-5-7-14(16)2/h5-11H,4,12-13H2,1-3H3,(H,21,24). The number of carbonyl (C=O) groups is 1. The number of amides is 1. The molecule has 0 radical (unpaired) electrons. The molecule has 1 heterocycles. The van der Waals surface area contributed by atoms with E-state index in [-0.39, 0.29) is 5.91 Å². The van der Waals surface area contributed by atoms with Gasteiger partial charge < -0.3 is 9.88 Å². The average molecular weight is 321 g/mol. The van der Waals surface area contributed by atoms with Crippen LogP contribution < -0.4 is 5.32 Å². The van der Waals surface area contributed by atoms with Crippen molar-refractivity contribution in [3.8, 4) is 0 Å². The fraction of sp³-hybridized carbons (Fsp3) is 0.300. The van der Waals surface area contributed by atoms with Crippen LogP contribution in [0.4, 0.5) is 0 Å². The van der Waals surface area contributed by atoms with Gasteiger partial charge >= 0.3 is 0 Å². The molecule has 2 aromatic carbocycles. The molecule has 4 heteroatoms. The van der Waals surface area contributed by atoms with Crippen LogP contribution in [0.3, 0.4) is 0 Å². The van der Waals surface area contributed by atoms with Gasteiger partial charge in [0.1, 0.15) is 5.82 Å². The van der Waals surface area contributed by atoms with Gasteiger partial charge in [-0.15, -0.1) is 0 Å². The summed E-state index contributed by atoms with van der Waals surface area (Å²) < 4.78 is 2.12. The summed E-state index contributed by atoms with van der Waals surface area (Å²) in [5.74, 6) is 1.12. The molecule has 1 N–H and O–H groups in total. The minimum absolute atomic E-state index is 0.0414. The molecule has 0 aliphatic heterocycles. The highest BCUT2D eigenvalue weighted by atomic mass is 16.1. The van der Waals surface area contributed by atoms with E-state index >= 15 is 0 Å². The normalized spacial score (nSPS) is 11.0. The zero-order valence-electron chi connectivity index (χ0n) is 14.5. The summed E-state index contributed by atoms with van der Waals surface area (Å²) in [6.07, 6.45) is 1.33. The van der Waals surface area contributed by atoms with Crippen molar-refractivity contribution in [1.82, 2.24) is 14.9 Å². The van der Waals surface area contributed by atoms with E-state index in [1.54, 1.807) is 0 Å². The summed E-state index contributed by atoms with van der Waals surface area (Å²) in [6, 6.07) is 14.2. The third kappa shape index (κ3) is 3.32.